The topological polar surface area (TPSA) is 69.4 Å². The molecule has 5 aromatic carbocycles. The van der Waals surface area contributed by atoms with E-state index in [1.807, 2.05) is 85.3 Å². The summed E-state index contributed by atoms with van der Waals surface area (Å²) in [6.07, 6.45) is 5.70. The Morgan fingerprint density at radius 2 is 1.02 bits per heavy atom. The van der Waals surface area contributed by atoms with Crippen LogP contribution in [0.4, 0.5) is 0 Å². The van der Waals surface area contributed by atoms with Crippen LogP contribution in [-0.2, 0) is 5.41 Å². The lowest BCUT2D eigenvalue weighted by molar-refractivity contribution is 0.718. The maximum atomic E-state index is 5.17. The normalized spacial score (nSPS) is 13.0. The highest BCUT2D eigenvalue weighted by Crippen LogP contribution is 2.54. The summed E-state index contributed by atoms with van der Waals surface area (Å²) in [5.41, 5.74) is 8.73. The number of hydrogen-bond acceptors (Lipinski definition) is 5. The van der Waals surface area contributed by atoms with E-state index in [1.54, 1.807) is 0 Å². The Morgan fingerprint density at radius 1 is 0.460 bits per heavy atom. The first-order valence-electron chi connectivity index (χ1n) is 16.7. The third-order valence-corrected chi connectivity index (χ3v) is 9.84. The lowest BCUT2D eigenvalue weighted by Crippen LogP contribution is -2.35. The maximum absolute atomic E-state index is 5.17. The van der Waals surface area contributed by atoms with Crippen LogP contribution in [0.3, 0.4) is 0 Å². The SMILES string of the molecule is c1ccc(-c2nc(-c3ccccc3)nc(-c3cc4c5c(c3)c3cnccc3n5-c3ncccc3C4(c3ccccc3)c3ccccc3)n2)cc1. The van der Waals surface area contributed by atoms with Crippen LogP contribution in [0.1, 0.15) is 22.3 Å². The van der Waals surface area contributed by atoms with E-state index in [0.717, 1.165) is 66.6 Å². The molecule has 0 atom stereocenters. The zero-order valence-corrected chi connectivity index (χ0v) is 26.8. The van der Waals surface area contributed by atoms with Crippen LogP contribution in [0.2, 0.25) is 0 Å². The lowest BCUT2D eigenvalue weighted by atomic mass is 9.63. The number of hydrogen-bond donors (Lipinski definition) is 0. The Kier molecular flexibility index (Phi) is 6.29. The highest BCUT2D eigenvalue weighted by molar-refractivity contribution is 6.12. The summed E-state index contributed by atoms with van der Waals surface area (Å²) < 4.78 is 2.31. The highest BCUT2D eigenvalue weighted by atomic mass is 15.1. The van der Waals surface area contributed by atoms with Crippen molar-refractivity contribution in [2.24, 2.45) is 0 Å². The van der Waals surface area contributed by atoms with Gasteiger partial charge in [-0.15, -0.1) is 0 Å². The Hall–Kier alpha value is -6.79. The lowest BCUT2D eigenvalue weighted by Gasteiger charge is -2.41. The molecule has 6 nitrogen and oxygen atoms in total. The van der Waals surface area contributed by atoms with E-state index in [1.165, 1.54) is 0 Å². The molecule has 10 rings (SSSR count). The van der Waals surface area contributed by atoms with Gasteiger partial charge in [0.05, 0.1) is 16.4 Å². The van der Waals surface area contributed by atoms with Gasteiger partial charge in [0.25, 0.3) is 0 Å². The van der Waals surface area contributed by atoms with Gasteiger partial charge in [-0.1, -0.05) is 127 Å². The van der Waals surface area contributed by atoms with Crippen LogP contribution in [0, 0.1) is 0 Å². The van der Waals surface area contributed by atoms with Gasteiger partial charge >= 0.3 is 0 Å². The third kappa shape index (κ3) is 4.12. The molecular formula is C44H28N6. The van der Waals surface area contributed by atoms with Crippen molar-refractivity contribution in [3.63, 3.8) is 0 Å². The summed E-state index contributed by atoms with van der Waals surface area (Å²) in [5.74, 6) is 2.76. The van der Waals surface area contributed by atoms with Crippen molar-refractivity contribution in [2.45, 2.75) is 5.41 Å². The van der Waals surface area contributed by atoms with E-state index < -0.39 is 5.41 Å². The number of benzene rings is 5. The molecule has 5 heterocycles. The van der Waals surface area contributed by atoms with E-state index in [9.17, 15) is 0 Å². The molecule has 4 aromatic heterocycles. The largest absolute Gasteiger partial charge is 0.293 e. The summed E-state index contributed by atoms with van der Waals surface area (Å²) in [6, 6.07) is 52.6. The summed E-state index contributed by atoms with van der Waals surface area (Å²) in [7, 11) is 0. The first-order valence-corrected chi connectivity index (χ1v) is 16.7. The van der Waals surface area contributed by atoms with Crippen molar-refractivity contribution in [3.05, 3.63) is 193 Å². The van der Waals surface area contributed by atoms with Gasteiger partial charge < -0.3 is 0 Å². The minimum absolute atomic E-state index is 0.604. The van der Waals surface area contributed by atoms with Gasteiger partial charge in [0, 0.05) is 51.6 Å². The predicted molar refractivity (Wildman–Crippen MR) is 198 cm³/mol. The molecule has 1 aliphatic heterocycles. The fourth-order valence-corrected chi connectivity index (χ4v) is 7.74. The summed E-state index contributed by atoms with van der Waals surface area (Å²) in [4.78, 5) is 25.0. The van der Waals surface area contributed by atoms with Crippen molar-refractivity contribution < 1.29 is 0 Å². The second-order valence-electron chi connectivity index (χ2n) is 12.5. The van der Waals surface area contributed by atoms with E-state index in [2.05, 4.69) is 94.5 Å². The van der Waals surface area contributed by atoms with E-state index >= 15 is 0 Å². The van der Waals surface area contributed by atoms with Crippen molar-refractivity contribution >= 4 is 21.8 Å². The van der Waals surface area contributed by atoms with Crippen LogP contribution in [0.25, 0.3) is 61.8 Å². The summed E-state index contributed by atoms with van der Waals surface area (Å²) in [5, 5.41) is 2.11. The fourth-order valence-electron chi connectivity index (χ4n) is 7.74. The zero-order valence-electron chi connectivity index (χ0n) is 26.8. The third-order valence-electron chi connectivity index (χ3n) is 9.84. The molecule has 0 spiro atoms. The van der Waals surface area contributed by atoms with E-state index in [-0.39, 0.29) is 0 Å². The van der Waals surface area contributed by atoms with Gasteiger partial charge in [-0.05, 0) is 41.0 Å². The van der Waals surface area contributed by atoms with Gasteiger partial charge in [-0.2, -0.15) is 0 Å². The predicted octanol–water partition coefficient (Wildman–Crippen LogP) is 9.46. The van der Waals surface area contributed by atoms with Crippen molar-refractivity contribution in [2.75, 3.05) is 0 Å². The van der Waals surface area contributed by atoms with Gasteiger partial charge in [-0.25, -0.2) is 19.9 Å². The molecule has 1 aliphatic rings. The Morgan fingerprint density at radius 3 is 1.62 bits per heavy atom. The standard InChI is InChI=1S/C44H28N6/c1-5-14-29(15-6-1)40-47-41(30-16-7-2-8-17-30)49-42(48-40)31-26-34-35-28-45-25-23-38(35)50-39(34)37(27-31)44(32-18-9-3-10-19-32,33-20-11-4-12-21-33)36-22-13-24-46-43(36)50/h1-28H. The number of rotatable bonds is 5. The molecule has 234 valence electrons. The quantitative estimate of drug-likeness (QED) is 0.187. The average Bonchev–Trinajstić information content (AvgIpc) is 3.54. The molecule has 0 radical (unpaired) electrons. The number of pyridine rings is 2. The second-order valence-corrected chi connectivity index (χ2v) is 12.5. The Labute approximate surface area is 288 Å². The minimum atomic E-state index is -0.699. The van der Waals surface area contributed by atoms with Gasteiger partial charge in [-0.3, -0.25) is 9.55 Å². The Bertz CT molecular complexity index is 2590. The van der Waals surface area contributed by atoms with Crippen LogP contribution in [-0.4, -0.2) is 29.5 Å². The summed E-state index contributed by atoms with van der Waals surface area (Å²) in [6.45, 7) is 0. The monoisotopic (exact) mass is 640 g/mol. The maximum Gasteiger partial charge on any atom is 0.164 e. The van der Waals surface area contributed by atoms with Crippen molar-refractivity contribution in [3.8, 4) is 40.0 Å². The first kappa shape index (κ1) is 28.2. The average molecular weight is 641 g/mol. The molecule has 0 saturated heterocycles. The zero-order chi connectivity index (χ0) is 33.1. The van der Waals surface area contributed by atoms with Crippen LogP contribution in [0.5, 0.6) is 0 Å². The Balaban J connectivity index is 1.37. The molecule has 0 bridgehead atoms. The van der Waals surface area contributed by atoms with E-state index in [4.69, 9.17) is 19.9 Å². The van der Waals surface area contributed by atoms with Gasteiger partial charge in [0.2, 0.25) is 0 Å². The molecule has 0 amide bonds. The van der Waals surface area contributed by atoms with Crippen molar-refractivity contribution in [1.82, 2.24) is 29.5 Å². The van der Waals surface area contributed by atoms with Crippen molar-refractivity contribution in [1.29, 1.82) is 0 Å². The smallest absolute Gasteiger partial charge is 0.164 e. The molecule has 9 aromatic rings. The molecule has 50 heavy (non-hydrogen) atoms. The number of nitrogens with zero attached hydrogens (tertiary/aromatic N) is 6. The van der Waals surface area contributed by atoms with Crippen LogP contribution >= 0.6 is 0 Å². The molecule has 0 unspecified atom stereocenters. The molecule has 0 aliphatic carbocycles. The highest BCUT2D eigenvalue weighted by Gasteiger charge is 2.46. The summed E-state index contributed by atoms with van der Waals surface area (Å²) >= 11 is 0. The number of fused-ring (bicyclic) bond motifs is 5. The molecule has 0 saturated carbocycles. The first-order chi connectivity index (χ1) is 24.8. The van der Waals surface area contributed by atoms with Gasteiger partial charge in [0.15, 0.2) is 17.5 Å². The van der Waals surface area contributed by atoms with Gasteiger partial charge in [0.1, 0.15) is 5.82 Å². The molecule has 0 fully saturated rings. The minimum Gasteiger partial charge on any atom is -0.293 e. The number of aromatic nitrogens is 6. The molecular weight excluding hydrogens is 613 g/mol. The fraction of sp³-hybridized carbons (Fsp3) is 0.0227. The molecule has 0 N–H and O–H groups in total. The van der Waals surface area contributed by atoms with Crippen LogP contribution in [0.15, 0.2) is 170 Å². The van der Waals surface area contributed by atoms with E-state index in [0.29, 0.717) is 17.5 Å². The van der Waals surface area contributed by atoms with Crippen LogP contribution < -0.4 is 0 Å². The second kappa shape index (κ2) is 11.1. The molecule has 6 heteroatoms.